The minimum atomic E-state index is -1.51. The molecule has 0 atom stereocenters. The first-order chi connectivity index (χ1) is 14.1. The average Bonchev–Trinajstić information content (AvgIpc) is 2.68. The van der Waals surface area contributed by atoms with Crippen LogP contribution in [0.1, 0.15) is 70.4 Å². The van der Waals surface area contributed by atoms with E-state index in [0.717, 1.165) is 13.0 Å². The van der Waals surface area contributed by atoms with Crippen molar-refractivity contribution in [2.45, 2.75) is 105 Å². The molecule has 1 aromatic rings. The summed E-state index contributed by atoms with van der Waals surface area (Å²) in [4.78, 5) is 0. The summed E-state index contributed by atoms with van der Waals surface area (Å²) in [6, 6.07) is 9.55. The van der Waals surface area contributed by atoms with Gasteiger partial charge in [0.2, 0.25) is 0 Å². The zero-order valence-corrected chi connectivity index (χ0v) is 25.7. The quantitative estimate of drug-likeness (QED) is 0.205. The van der Waals surface area contributed by atoms with Crippen molar-refractivity contribution in [2.24, 2.45) is 0 Å². The van der Waals surface area contributed by atoms with Crippen LogP contribution >= 0.6 is 7.26 Å². The van der Waals surface area contributed by atoms with Gasteiger partial charge in [-0.25, -0.2) is 0 Å². The van der Waals surface area contributed by atoms with Gasteiger partial charge < -0.3 is 16.8 Å². The van der Waals surface area contributed by atoms with E-state index in [0.29, 0.717) is 0 Å². The van der Waals surface area contributed by atoms with E-state index in [1.807, 2.05) is 0 Å². The van der Waals surface area contributed by atoms with Crippen LogP contribution in [0, 0.1) is 0 Å². The van der Waals surface area contributed by atoms with Gasteiger partial charge in [0.1, 0.15) is 0 Å². The molecule has 0 aliphatic carbocycles. The highest BCUT2D eigenvalue weighted by atomic mass is 35.5. The Hall–Kier alpha value is 0.334. The van der Waals surface area contributed by atoms with Gasteiger partial charge in [0.05, 0.1) is 32.2 Å². The molecule has 1 nitrogen and oxygen atoms in total. The Balaban J connectivity index is 0.00000900. The molecule has 182 valence electrons. The molecule has 1 rings (SSSR count). The highest BCUT2D eigenvalue weighted by Crippen LogP contribution is 2.63. The topological polar surface area (TPSA) is 9.23 Å². The van der Waals surface area contributed by atoms with Crippen LogP contribution in [0.4, 0.5) is 0 Å². The molecular weight excluding hydrogens is 451 g/mol. The van der Waals surface area contributed by atoms with Gasteiger partial charge in [0.25, 0.3) is 0 Å². The standard InChI is InChI=1S/C26H52OPSi2.ClH/c1-9-12-20-28(21-13-10-2,22-14-11-3)24-26-17-15-16-25(23-26)18-19-27-30(7,8)29(4,5)6;/h15-17,23H,9-14,18-22,24H2,1-8H3;1H/q+1;/p-1. The van der Waals surface area contributed by atoms with Crippen LogP contribution in [0.5, 0.6) is 0 Å². The number of unbranched alkanes of at least 4 members (excludes halogenated alkanes) is 3. The molecule has 0 fully saturated rings. The van der Waals surface area contributed by atoms with E-state index in [4.69, 9.17) is 4.43 Å². The van der Waals surface area contributed by atoms with Crippen LogP contribution in [-0.2, 0) is 17.0 Å². The van der Waals surface area contributed by atoms with Gasteiger partial charge in [0, 0.05) is 13.9 Å². The molecule has 0 radical (unpaired) electrons. The minimum absolute atomic E-state index is 0. The van der Waals surface area contributed by atoms with E-state index in [-0.39, 0.29) is 12.4 Å². The molecule has 5 heteroatoms. The number of benzene rings is 1. The lowest BCUT2D eigenvalue weighted by Crippen LogP contribution is -3.00. The first-order valence-electron chi connectivity index (χ1n) is 12.7. The molecule has 0 aromatic heterocycles. The second-order valence-electron chi connectivity index (χ2n) is 10.9. The third-order valence-corrected chi connectivity index (χ3v) is 27.8. The lowest BCUT2D eigenvalue weighted by molar-refractivity contribution is -0.00000785. The fourth-order valence-electron chi connectivity index (χ4n) is 3.96. The van der Waals surface area contributed by atoms with Crippen molar-refractivity contribution < 1.29 is 16.8 Å². The summed E-state index contributed by atoms with van der Waals surface area (Å²) in [6.45, 7) is 20.2. The smallest absolute Gasteiger partial charge is 0.173 e. The summed E-state index contributed by atoms with van der Waals surface area (Å²) < 4.78 is 6.51. The third kappa shape index (κ3) is 11.3. The average molecular weight is 503 g/mol. The minimum Gasteiger partial charge on any atom is -1.00 e. The number of hydrogen-bond donors (Lipinski definition) is 0. The summed E-state index contributed by atoms with van der Waals surface area (Å²) in [6.07, 6.45) is 15.3. The monoisotopic (exact) mass is 502 g/mol. The number of halogens is 1. The van der Waals surface area contributed by atoms with E-state index < -0.39 is 22.7 Å². The Morgan fingerprint density at radius 3 is 1.71 bits per heavy atom. The maximum absolute atomic E-state index is 6.51. The molecule has 0 saturated heterocycles. The largest absolute Gasteiger partial charge is 1.00 e. The molecule has 0 spiro atoms. The molecule has 1 aromatic carbocycles. The van der Waals surface area contributed by atoms with Crippen LogP contribution in [0.2, 0.25) is 32.7 Å². The second kappa shape index (κ2) is 15.3. The normalized spacial score (nSPS) is 12.6. The molecular formula is C26H52ClOPSi2. The second-order valence-corrected chi connectivity index (χ2v) is 31.2. The van der Waals surface area contributed by atoms with Gasteiger partial charge in [-0.2, -0.15) is 0 Å². The van der Waals surface area contributed by atoms with E-state index in [9.17, 15) is 0 Å². The lowest BCUT2D eigenvalue weighted by Gasteiger charge is -2.34. The molecule has 0 bridgehead atoms. The Kier molecular flexibility index (Phi) is 15.4. The highest BCUT2D eigenvalue weighted by Gasteiger charge is 2.38. The van der Waals surface area contributed by atoms with Crippen molar-refractivity contribution in [3.05, 3.63) is 35.4 Å². The van der Waals surface area contributed by atoms with E-state index in [2.05, 4.69) is 77.8 Å². The SMILES string of the molecule is CCCC[P+](CCCC)(CCCC)Cc1cccc(CCO[Si](C)(C)[Si](C)(C)C)c1.[Cl-]. The summed E-state index contributed by atoms with van der Waals surface area (Å²) >= 11 is 0. The summed E-state index contributed by atoms with van der Waals surface area (Å²) in [7, 11) is -3.58. The number of hydrogen-bond acceptors (Lipinski definition) is 1. The van der Waals surface area contributed by atoms with Gasteiger partial charge in [-0.1, -0.05) is 83.9 Å². The summed E-state index contributed by atoms with van der Waals surface area (Å²) in [5.74, 6) is 0. The van der Waals surface area contributed by atoms with Gasteiger partial charge in [-0.05, 0) is 49.9 Å². The summed E-state index contributed by atoms with van der Waals surface area (Å²) in [5, 5.41) is 0. The van der Waals surface area contributed by atoms with E-state index in [1.54, 1.807) is 5.56 Å². The lowest BCUT2D eigenvalue weighted by atomic mass is 10.1. The maximum atomic E-state index is 6.51. The van der Waals surface area contributed by atoms with Gasteiger partial charge in [0.15, 0.2) is 7.83 Å². The molecule has 0 heterocycles. The third-order valence-electron chi connectivity index (χ3n) is 7.13. The predicted molar refractivity (Wildman–Crippen MR) is 147 cm³/mol. The van der Waals surface area contributed by atoms with Crippen LogP contribution in [-0.4, -0.2) is 40.5 Å². The Labute approximate surface area is 204 Å². The van der Waals surface area contributed by atoms with Crippen LogP contribution < -0.4 is 12.4 Å². The van der Waals surface area contributed by atoms with Gasteiger partial charge in [-0.3, -0.25) is 0 Å². The molecule has 0 unspecified atom stereocenters. The van der Waals surface area contributed by atoms with E-state index in [1.165, 1.54) is 68.7 Å². The Bertz CT molecular complexity index is 580. The van der Waals surface area contributed by atoms with Gasteiger partial charge >= 0.3 is 0 Å². The van der Waals surface area contributed by atoms with E-state index >= 15 is 0 Å². The van der Waals surface area contributed by atoms with Crippen LogP contribution in [0.25, 0.3) is 0 Å². The van der Waals surface area contributed by atoms with Crippen molar-refractivity contribution in [1.29, 1.82) is 0 Å². The van der Waals surface area contributed by atoms with Crippen molar-refractivity contribution in [3.63, 3.8) is 0 Å². The zero-order valence-electron chi connectivity index (χ0n) is 22.0. The van der Waals surface area contributed by atoms with Crippen LogP contribution in [0.15, 0.2) is 24.3 Å². The first-order valence-corrected chi connectivity index (χ1v) is 22.6. The zero-order chi connectivity index (χ0) is 22.7. The van der Waals surface area contributed by atoms with Crippen molar-refractivity contribution in [2.75, 3.05) is 25.1 Å². The van der Waals surface area contributed by atoms with Crippen molar-refractivity contribution >= 4 is 22.7 Å². The summed E-state index contributed by atoms with van der Waals surface area (Å²) in [5.41, 5.74) is 3.08. The Morgan fingerprint density at radius 1 is 0.774 bits per heavy atom. The van der Waals surface area contributed by atoms with Crippen molar-refractivity contribution in [1.82, 2.24) is 0 Å². The fraction of sp³-hybridized carbons (Fsp3) is 0.769. The molecule has 0 aliphatic heterocycles. The molecule has 0 N–H and O–H groups in total. The van der Waals surface area contributed by atoms with Gasteiger partial charge in [-0.15, -0.1) is 0 Å². The highest BCUT2D eigenvalue weighted by molar-refractivity contribution is 7.75. The van der Waals surface area contributed by atoms with Crippen LogP contribution in [0.3, 0.4) is 0 Å². The maximum Gasteiger partial charge on any atom is 0.173 e. The fourth-order valence-corrected chi connectivity index (χ4v) is 11.7. The molecule has 0 saturated carbocycles. The molecule has 0 amide bonds. The number of rotatable bonds is 16. The van der Waals surface area contributed by atoms with Crippen molar-refractivity contribution in [3.8, 4) is 0 Å². The first kappa shape index (κ1) is 31.3. The molecule has 31 heavy (non-hydrogen) atoms. The Morgan fingerprint density at radius 2 is 1.26 bits per heavy atom. The molecule has 0 aliphatic rings. The predicted octanol–water partition coefficient (Wildman–Crippen LogP) is 5.79.